The molecule has 98 valence electrons. The third-order valence-electron chi connectivity index (χ3n) is 2.87. The maximum Gasteiger partial charge on any atom is 0.0924 e. The van der Waals surface area contributed by atoms with Crippen LogP contribution in [0, 0.1) is 5.92 Å². The molecular weight excluding hydrogens is 224 g/mol. The van der Waals surface area contributed by atoms with E-state index in [2.05, 4.69) is 40.7 Å². The van der Waals surface area contributed by atoms with E-state index >= 15 is 0 Å². The predicted octanol–water partition coefficient (Wildman–Crippen LogP) is 1.90. The van der Waals surface area contributed by atoms with E-state index in [1.807, 2.05) is 18.2 Å². The molecule has 0 radical (unpaired) electrons. The molecule has 0 unspecified atom stereocenters. The van der Waals surface area contributed by atoms with Gasteiger partial charge in [-0.15, -0.1) is 0 Å². The summed E-state index contributed by atoms with van der Waals surface area (Å²) in [5, 5.41) is 15.4. The van der Waals surface area contributed by atoms with Gasteiger partial charge in [-0.25, -0.2) is 0 Å². The zero-order valence-electron chi connectivity index (χ0n) is 11.2. The highest BCUT2D eigenvalue weighted by molar-refractivity contribution is 5.80. The van der Waals surface area contributed by atoms with Crippen molar-refractivity contribution < 1.29 is 0 Å². The average Bonchev–Trinajstić information content (AvgIpc) is 2.77. The molecule has 0 bridgehead atoms. The Bertz CT molecular complexity index is 475. The van der Waals surface area contributed by atoms with Gasteiger partial charge in [-0.1, -0.05) is 32.0 Å². The summed E-state index contributed by atoms with van der Waals surface area (Å²) in [4.78, 5) is 0. The van der Waals surface area contributed by atoms with E-state index in [1.54, 1.807) is 0 Å². The largest absolute Gasteiger partial charge is 0.315 e. The second kappa shape index (κ2) is 6.52. The SMILES string of the molecule is CC(C)CNCCNCc1[nH]nc2ccccc12. The summed E-state index contributed by atoms with van der Waals surface area (Å²) in [6.07, 6.45) is 0. The van der Waals surface area contributed by atoms with Crippen molar-refractivity contribution in [3.8, 4) is 0 Å². The van der Waals surface area contributed by atoms with Crippen LogP contribution >= 0.6 is 0 Å². The maximum absolute atomic E-state index is 4.28. The third kappa shape index (κ3) is 3.55. The van der Waals surface area contributed by atoms with Gasteiger partial charge < -0.3 is 10.6 Å². The highest BCUT2D eigenvalue weighted by Crippen LogP contribution is 2.14. The summed E-state index contributed by atoms with van der Waals surface area (Å²) in [7, 11) is 0. The molecule has 1 aromatic carbocycles. The van der Waals surface area contributed by atoms with Crippen molar-refractivity contribution in [3.63, 3.8) is 0 Å². The van der Waals surface area contributed by atoms with Gasteiger partial charge in [0, 0.05) is 25.0 Å². The van der Waals surface area contributed by atoms with E-state index in [-0.39, 0.29) is 0 Å². The smallest absolute Gasteiger partial charge is 0.0924 e. The first-order valence-electron chi connectivity index (χ1n) is 6.61. The third-order valence-corrected chi connectivity index (χ3v) is 2.87. The number of nitrogens with zero attached hydrogens (tertiary/aromatic N) is 1. The molecule has 18 heavy (non-hydrogen) atoms. The lowest BCUT2D eigenvalue weighted by atomic mass is 10.2. The molecule has 4 heteroatoms. The molecule has 0 saturated heterocycles. The predicted molar refractivity (Wildman–Crippen MR) is 75.5 cm³/mol. The molecule has 1 heterocycles. The van der Waals surface area contributed by atoms with E-state index in [0.717, 1.165) is 37.4 Å². The van der Waals surface area contributed by atoms with Gasteiger partial charge in [-0.3, -0.25) is 5.10 Å². The number of benzene rings is 1. The minimum absolute atomic E-state index is 0.710. The first-order valence-corrected chi connectivity index (χ1v) is 6.61. The number of para-hydroxylation sites is 1. The Labute approximate surface area is 108 Å². The van der Waals surface area contributed by atoms with Crippen LogP contribution in [0.1, 0.15) is 19.5 Å². The Balaban J connectivity index is 1.74. The molecule has 0 aliphatic rings. The molecule has 0 fully saturated rings. The molecule has 0 amide bonds. The van der Waals surface area contributed by atoms with Gasteiger partial charge in [-0.2, -0.15) is 5.10 Å². The van der Waals surface area contributed by atoms with Crippen LogP contribution in [0.5, 0.6) is 0 Å². The number of H-pyrrole nitrogens is 1. The van der Waals surface area contributed by atoms with Crippen LogP contribution in [0.4, 0.5) is 0 Å². The summed E-state index contributed by atoms with van der Waals surface area (Å²) in [6, 6.07) is 8.19. The molecule has 0 spiro atoms. The van der Waals surface area contributed by atoms with Crippen LogP contribution < -0.4 is 10.6 Å². The lowest BCUT2D eigenvalue weighted by Crippen LogP contribution is -2.29. The average molecular weight is 246 g/mol. The van der Waals surface area contributed by atoms with Gasteiger partial charge in [0.15, 0.2) is 0 Å². The first kappa shape index (κ1) is 13.1. The van der Waals surface area contributed by atoms with Crippen LogP contribution in [0.3, 0.4) is 0 Å². The Kier molecular flexibility index (Phi) is 4.73. The Morgan fingerprint density at radius 2 is 1.94 bits per heavy atom. The van der Waals surface area contributed by atoms with E-state index in [9.17, 15) is 0 Å². The first-order chi connectivity index (χ1) is 8.77. The van der Waals surface area contributed by atoms with Gasteiger partial charge in [-0.05, 0) is 18.5 Å². The number of hydrogen-bond acceptors (Lipinski definition) is 3. The molecule has 0 saturated carbocycles. The summed E-state index contributed by atoms with van der Waals surface area (Å²) >= 11 is 0. The number of fused-ring (bicyclic) bond motifs is 1. The second-order valence-corrected chi connectivity index (χ2v) is 4.99. The van der Waals surface area contributed by atoms with Gasteiger partial charge in [0.25, 0.3) is 0 Å². The van der Waals surface area contributed by atoms with Crippen LogP contribution in [0.2, 0.25) is 0 Å². The van der Waals surface area contributed by atoms with E-state index < -0.39 is 0 Å². The molecule has 0 aliphatic carbocycles. The Morgan fingerprint density at radius 1 is 1.17 bits per heavy atom. The number of rotatable bonds is 7. The van der Waals surface area contributed by atoms with Crippen LogP contribution in [0.15, 0.2) is 24.3 Å². The van der Waals surface area contributed by atoms with Crippen molar-refractivity contribution in [1.29, 1.82) is 0 Å². The number of hydrogen-bond donors (Lipinski definition) is 3. The van der Waals surface area contributed by atoms with Gasteiger partial charge in [0.1, 0.15) is 0 Å². The van der Waals surface area contributed by atoms with E-state index in [1.165, 1.54) is 5.39 Å². The van der Waals surface area contributed by atoms with Gasteiger partial charge in [0.05, 0.1) is 11.2 Å². The maximum atomic E-state index is 4.28. The quantitative estimate of drug-likeness (QED) is 0.654. The fraction of sp³-hybridized carbons (Fsp3) is 0.500. The van der Waals surface area contributed by atoms with Crippen molar-refractivity contribution in [2.75, 3.05) is 19.6 Å². The monoisotopic (exact) mass is 246 g/mol. The fourth-order valence-electron chi connectivity index (χ4n) is 1.93. The number of aromatic amines is 1. The van der Waals surface area contributed by atoms with Gasteiger partial charge in [0.2, 0.25) is 0 Å². The zero-order chi connectivity index (χ0) is 12.8. The molecule has 0 aliphatic heterocycles. The summed E-state index contributed by atoms with van der Waals surface area (Å²) in [5.74, 6) is 0.710. The Hall–Kier alpha value is -1.39. The fourth-order valence-corrected chi connectivity index (χ4v) is 1.93. The molecule has 3 N–H and O–H groups in total. The summed E-state index contributed by atoms with van der Waals surface area (Å²) in [6.45, 7) is 8.33. The van der Waals surface area contributed by atoms with Crippen molar-refractivity contribution in [2.45, 2.75) is 20.4 Å². The number of aromatic nitrogens is 2. The van der Waals surface area contributed by atoms with Crippen molar-refractivity contribution in [3.05, 3.63) is 30.0 Å². The van der Waals surface area contributed by atoms with Gasteiger partial charge >= 0.3 is 0 Å². The topological polar surface area (TPSA) is 52.7 Å². The second-order valence-electron chi connectivity index (χ2n) is 4.99. The van der Waals surface area contributed by atoms with Crippen molar-refractivity contribution in [1.82, 2.24) is 20.8 Å². The molecule has 4 nitrogen and oxygen atoms in total. The zero-order valence-corrected chi connectivity index (χ0v) is 11.2. The lowest BCUT2D eigenvalue weighted by molar-refractivity contribution is 0.534. The highest BCUT2D eigenvalue weighted by Gasteiger charge is 2.02. The van der Waals surface area contributed by atoms with E-state index in [0.29, 0.717) is 5.92 Å². The van der Waals surface area contributed by atoms with Crippen LogP contribution in [0.25, 0.3) is 10.9 Å². The van der Waals surface area contributed by atoms with E-state index in [4.69, 9.17) is 0 Å². The summed E-state index contributed by atoms with van der Waals surface area (Å²) < 4.78 is 0. The Morgan fingerprint density at radius 3 is 2.78 bits per heavy atom. The molecule has 2 rings (SSSR count). The van der Waals surface area contributed by atoms with Crippen LogP contribution in [-0.4, -0.2) is 29.8 Å². The minimum Gasteiger partial charge on any atom is -0.315 e. The lowest BCUT2D eigenvalue weighted by Gasteiger charge is -2.07. The molecule has 0 atom stereocenters. The molecular formula is C14H22N4. The molecule has 1 aromatic heterocycles. The molecule has 2 aromatic rings. The summed E-state index contributed by atoms with van der Waals surface area (Å²) in [5.41, 5.74) is 2.20. The van der Waals surface area contributed by atoms with Crippen molar-refractivity contribution >= 4 is 10.9 Å². The standard InChI is InChI=1S/C14H22N4/c1-11(2)9-15-7-8-16-10-14-12-5-3-4-6-13(12)17-18-14/h3-6,11,15-16H,7-10H2,1-2H3,(H,17,18). The number of nitrogens with one attached hydrogen (secondary N) is 3. The minimum atomic E-state index is 0.710. The highest BCUT2D eigenvalue weighted by atomic mass is 15.1. The van der Waals surface area contributed by atoms with Crippen LogP contribution in [-0.2, 0) is 6.54 Å². The van der Waals surface area contributed by atoms with Crippen molar-refractivity contribution in [2.24, 2.45) is 5.92 Å². The normalized spacial score (nSPS) is 11.5.